The average molecular weight is 297 g/mol. The number of sulfone groups is 1. The molecule has 0 fully saturated rings. The van der Waals surface area contributed by atoms with Crippen LogP contribution in [0.25, 0.3) is 0 Å². The standard InChI is InChI=1S/C16H27NO2S/c1-5-7-10-20(18,19)12-16(17-6-2)15-11-13(3)8-9-14(15)4/h8-9,11,16-17H,5-7,10,12H2,1-4H3. The van der Waals surface area contributed by atoms with Crippen LogP contribution >= 0.6 is 0 Å². The van der Waals surface area contributed by atoms with E-state index in [1.54, 1.807) is 0 Å². The molecule has 0 aliphatic carbocycles. The largest absolute Gasteiger partial charge is 0.309 e. The quantitative estimate of drug-likeness (QED) is 0.801. The van der Waals surface area contributed by atoms with Crippen LogP contribution in [-0.2, 0) is 9.84 Å². The maximum atomic E-state index is 12.2. The van der Waals surface area contributed by atoms with Crippen LogP contribution in [0.4, 0.5) is 0 Å². The molecular weight excluding hydrogens is 270 g/mol. The molecule has 4 heteroatoms. The van der Waals surface area contributed by atoms with Gasteiger partial charge in [-0.05, 0) is 37.9 Å². The van der Waals surface area contributed by atoms with Crippen LogP contribution in [0.3, 0.4) is 0 Å². The van der Waals surface area contributed by atoms with Gasteiger partial charge in [-0.3, -0.25) is 0 Å². The lowest BCUT2D eigenvalue weighted by Crippen LogP contribution is -2.29. The molecule has 0 saturated heterocycles. The molecule has 0 heterocycles. The van der Waals surface area contributed by atoms with Gasteiger partial charge in [0, 0.05) is 6.04 Å². The second kappa shape index (κ2) is 7.79. The molecule has 1 aromatic rings. The zero-order valence-corrected chi connectivity index (χ0v) is 13.9. The van der Waals surface area contributed by atoms with E-state index in [9.17, 15) is 8.42 Å². The van der Waals surface area contributed by atoms with Crippen molar-refractivity contribution in [2.45, 2.75) is 46.6 Å². The summed E-state index contributed by atoms with van der Waals surface area (Å²) in [5.74, 6) is 0.474. The molecule has 0 spiro atoms. The number of aryl methyl sites for hydroxylation is 2. The summed E-state index contributed by atoms with van der Waals surface area (Å²) in [7, 11) is -3.01. The molecule has 114 valence electrons. The van der Waals surface area contributed by atoms with Gasteiger partial charge in [0.15, 0.2) is 9.84 Å². The molecule has 0 aromatic heterocycles. The third-order valence-corrected chi connectivity index (χ3v) is 5.24. The van der Waals surface area contributed by atoms with Crippen molar-refractivity contribution < 1.29 is 8.42 Å². The highest BCUT2D eigenvalue weighted by molar-refractivity contribution is 7.91. The number of hydrogen-bond acceptors (Lipinski definition) is 3. The normalized spacial score (nSPS) is 13.4. The fourth-order valence-corrected chi connectivity index (χ4v) is 4.04. The molecule has 0 radical (unpaired) electrons. The van der Waals surface area contributed by atoms with Crippen LogP contribution in [0, 0.1) is 13.8 Å². The summed E-state index contributed by atoms with van der Waals surface area (Å²) in [4.78, 5) is 0. The van der Waals surface area contributed by atoms with Crippen molar-refractivity contribution in [1.82, 2.24) is 5.32 Å². The van der Waals surface area contributed by atoms with E-state index in [0.29, 0.717) is 0 Å². The Kier molecular flexibility index (Phi) is 6.69. The van der Waals surface area contributed by atoms with Gasteiger partial charge in [-0.25, -0.2) is 8.42 Å². The molecular formula is C16H27NO2S. The maximum absolute atomic E-state index is 12.2. The molecule has 0 aliphatic heterocycles. The van der Waals surface area contributed by atoms with E-state index in [-0.39, 0.29) is 17.5 Å². The van der Waals surface area contributed by atoms with E-state index in [1.165, 1.54) is 5.56 Å². The van der Waals surface area contributed by atoms with E-state index < -0.39 is 9.84 Å². The first-order valence-electron chi connectivity index (χ1n) is 7.40. The molecule has 1 rings (SSSR count). The van der Waals surface area contributed by atoms with E-state index in [4.69, 9.17) is 0 Å². The van der Waals surface area contributed by atoms with Crippen LogP contribution in [-0.4, -0.2) is 26.5 Å². The highest BCUT2D eigenvalue weighted by Crippen LogP contribution is 2.21. The lowest BCUT2D eigenvalue weighted by Gasteiger charge is -2.21. The molecule has 3 nitrogen and oxygen atoms in total. The minimum absolute atomic E-state index is 0.109. The van der Waals surface area contributed by atoms with Crippen LogP contribution in [0.5, 0.6) is 0 Å². The lowest BCUT2D eigenvalue weighted by molar-refractivity contribution is 0.556. The van der Waals surface area contributed by atoms with Crippen molar-refractivity contribution in [3.63, 3.8) is 0 Å². The third-order valence-electron chi connectivity index (χ3n) is 3.49. The summed E-state index contributed by atoms with van der Waals surface area (Å²) in [5, 5.41) is 3.32. The van der Waals surface area contributed by atoms with Gasteiger partial charge in [0.05, 0.1) is 11.5 Å². The van der Waals surface area contributed by atoms with E-state index in [0.717, 1.165) is 30.5 Å². The van der Waals surface area contributed by atoms with E-state index in [1.807, 2.05) is 27.7 Å². The van der Waals surface area contributed by atoms with Crippen molar-refractivity contribution in [2.24, 2.45) is 0 Å². The Morgan fingerprint density at radius 1 is 1.20 bits per heavy atom. The van der Waals surface area contributed by atoms with Gasteiger partial charge < -0.3 is 5.32 Å². The number of rotatable bonds is 8. The highest BCUT2D eigenvalue weighted by Gasteiger charge is 2.21. The molecule has 1 atom stereocenters. The van der Waals surface area contributed by atoms with Crippen LogP contribution < -0.4 is 5.32 Å². The van der Waals surface area contributed by atoms with Crippen LogP contribution in [0.1, 0.15) is 49.4 Å². The highest BCUT2D eigenvalue weighted by atomic mass is 32.2. The van der Waals surface area contributed by atoms with Crippen LogP contribution in [0.2, 0.25) is 0 Å². The Hall–Kier alpha value is -0.870. The van der Waals surface area contributed by atoms with Gasteiger partial charge in [-0.15, -0.1) is 0 Å². The molecule has 1 N–H and O–H groups in total. The van der Waals surface area contributed by atoms with Gasteiger partial charge in [-0.2, -0.15) is 0 Å². The predicted octanol–water partition coefficient (Wildman–Crippen LogP) is 3.17. The van der Waals surface area contributed by atoms with Crippen molar-refractivity contribution in [1.29, 1.82) is 0 Å². The number of nitrogens with one attached hydrogen (secondary N) is 1. The summed E-state index contributed by atoms with van der Waals surface area (Å²) in [6, 6.07) is 6.11. The fourth-order valence-electron chi connectivity index (χ4n) is 2.34. The smallest absolute Gasteiger partial charge is 0.152 e. The van der Waals surface area contributed by atoms with Crippen LogP contribution in [0.15, 0.2) is 18.2 Å². The van der Waals surface area contributed by atoms with Crippen molar-refractivity contribution in [2.75, 3.05) is 18.1 Å². The molecule has 1 aromatic carbocycles. The Balaban J connectivity index is 2.97. The molecule has 1 unspecified atom stereocenters. The summed E-state index contributed by atoms with van der Waals surface area (Å²) < 4.78 is 24.4. The summed E-state index contributed by atoms with van der Waals surface area (Å²) in [6.07, 6.45) is 1.66. The number of benzene rings is 1. The second-order valence-corrected chi connectivity index (χ2v) is 7.67. The third kappa shape index (κ3) is 5.25. The fraction of sp³-hybridized carbons (Fsp3) is 0.625. The zero-order valence-electron chi connectivity index (χ0n) is 13.1. The minimum atomic E-state index is -3.01. The first-order chi connectivity index (χ1) is 9.39. The molecule has 0 saturated carbocycles. The topological polar surface area (TPSA) is 46.2 Å². The second-order valence-electron chi connectivity index (χ2n) is 5.44. The lowest BCUT2D eigenvalue weighted by atomic mass is 10.00. The van der Waals surface area contributed by atoms with Crippen molar-refractivity contribution >= 4 is 9.84 Å². The summed E-state index contributed by atoms with van der Waals surface area (Å²) in [5.41, 5.74) is 3.42. The number of hydrogen-bond donors (Lipinski definition) is 1. The first kappa shape index (κ1) is 17.2. The Bertz CT molecular complexity index is 523. The summed E-state index contributed by atoms with van der Waals surface area (Å²) >= 11 is 0. The van der Waals surface area contributed by atoms with E-state index in [2.05, 4.69) is 23.5 Å². The van der Waals surface area contributed by atoms with Crippen molar-refractivity contribution in [3.8, 4) is 0 Å². The van der Waals surface area contributed by atoms with Gasteiger partial charge in [0.2, 0.25) is 0 Å². The maximum Gasteiger partial charge on any atom is 0.152 e. The van der Waals surface area contributed by atoms with Gasteiger partial charge in [-0.1, -0.05) is 44.0 Å². The molecule has 0 aliphatic rings. The predicted molar refractivity (Wildman–Crippen MR) is 85.9 cm³/mol. The minimum Gasteiger partial charge on any atom is -0.309 e. The SMILES string of the molecule is CCCCS(=O)(=O)CC(NCC)c1cc(C)ccc1C. The zero-order chi connectivity index (χ0) is 15.2. The molecule has 20 heavy (non-hydrogen) atoms. The first-order valence-corrected chi connectivity index (χ1v) is 9.22. The summed E-state index contributed by atoms with van der Waals surface area (Å²) in [6.45, 7) is 8.87. The molecule has 0 bridgehead atoms. The van der Waals surface area contributed by atoms with Crippen molar-refractivity contribution in [3.05, 3.63) is 34.9 Å². The average Bonchev–Trinajstić information content (AvgIpc) is 2.38. The van der Waals surface area contributed by atoms with Gasteiger partial charge >= 0.3 is 0 Å². The Labute approximate surface area is 123 Å². The van der Waals surface area contributed by atoms with Gasteiger partial charge in [0.25, 0.3) is 0 Å². The molecule has 0 amide bonds. The monoisotopic (exact) mass is 297 g/mol. The number of unbranched alkanes of at least 4 members (excludes halogenated alkanes) is 1. The Morgan fingerprint density at radius 3 is 2.50 bits per heavy atom. The van der Waals surface area contributed by atoms with Gasteiger partial charge in [0.1, 0.15) is 0 Å². The van der Waals surface area contributed by atoms with E-state index >= 15 is 0 Å². The Morgan fingerprint density at radius 2 is 1.90 bits per heavy atom.